The molecule has 0 radical (unpaired) electrons. The zero-order chi connectivity index (χ0) is 19.4. The lowest BCUT2D eigenvalue weighted by Crippen LogP contribution is -2.36. The molecule has 1 saturated carbocycles. The van der Waals surface area contributed by atoms with Gasteiger partial charge in [-0.3, -0.25) is 4.79 Å². The molecule has 2 aromatic rings. The van der Waals surface area contributed by atoms with Crippen LogP contribution in [0.25, 0.3) is 5.69 Å². The van der Waals surface area contributed by atoms with Crippen molar-refractivity contribution in [3.05, 3.63) is 47.5 Å². The van der Waals surface area contributed by atoms with E-state index in [0.29, 0.717) is 4.68 Å². The Kier molecular flexibility index (Phi) is 5.82. The highest BCUT2D eigenvalue weighted by Crippen LogP contribution is 2.34. The molecule has 1 heterocycles. The molecule has 1 fully saturated rings. The van der Waals surface area contributed by atoms with E-state index in [1.165, 1.54) is 18.2 Å². The minimum atomic E-state index is -4.85. The summed E-state index contributed by atoms with van der Waals surface area (Å²) < 4.78 is 55.4. The van der Waals surface area contributed by atoms with Gasteiger partial charge >= 0.3 is 6.18 Å². The average Bonchev–Trinajstić information content (AvgIpc) is 3.03. The quantitative estimate of drug-likeness (QED) is 0.769. The third-order valence-corrected chi connectivity index (χ3v) is 4.80. The van der Waals surface area contributed by atoms with Gasteiger partial charge in [0.1, 0.15) is 11.5 Å². The summed E-state index contributed by atoms with van der Waals surface area (Å²) in [5, 5.41) is 6.37. The van der Waals surface area contributed by atoms with Crippen LogP contribution in [0.3, 0.4) is 0 Å². The molecule has 8 heteroatoms. The molecule has 0 unspecified atom stereocenters. The highest BCUT2D eigenvalue weighted by molar-refractivity contribution is 5.95. The van der Waals surface area contributed by atoms with Gasteiger partial charge in [0.25, 0.3) is 5.91 Å². The number of aromatic nitrogens is 2. The Labute approximate surface area is 154 Å². The summed E-state index contributed by atoms with van der Waals surface area (Å²) in [6.45, 7) is 0. The van der Waals surface area contributed by atoms with Crippen LogP contribution < -0.4 is 5.32 Å². The van der Waals surface area contributed by atoms with Gasteiger partial charge in [0, 0.05) is 6.04 Å². The third-order valence-electron chi connectivity index (χ3n) is 4.80. The van der Waals surface area contributed by atoms with Gasteiger partial charge in [-0.25, -0.2) is 9.07 Å². The van der Waals surface area contributed by atoms with Gasteiger partial charge in [-0.1, -0.05) is 44.2 Å². The number of nitrogens with zero attached hydrogens (tertiary/aromatic N) is 2. The van der Waals surface area contributed by atoms with Crippen LogP contribution >= 0.6 is 0 Å². The standard InChI is InChI=1S/C19H21F4N3O/c20-15-10-6-7-11-16(15)26-17(19(21,22)23)14(12-24-26)18(27)25-13-8-4-2-1-3-5-9-13/h6-7,10-13H,1-5,8-9H2,(H,25,27). The molecule has 0 saturated heterocycles. The number of benzene rings is 1. The van der Waals surface area contributed by atoms with E-state index in [1.807, 2.05) is 0 Å². The van der Waals surface area contributed by atoms with Crippen LogP contribution in [0.5, 0.6) is 0 Å². The number of hydrogen-bond donors (Lipinski definition) is 1. The molecule has 1 amide bonds. The molecule has 27 heavy (non-hydrogen) atoms. The van der Waals surface area contributed by atoms with Crippen molar-refractivity contribution >= 4 is 5.91 Å². The minimum absolute atomic E-state index is 0.157. The molecule has 0 aliphatic heterocycles. The van der Waals surface area contributed by atoms with Gasteiger partial charge in [-0.2, -0.15) is 18.3 Å². The third kappa shape index (κ3) is 4.48. The highest BCUT2D eigenvalue weighted by Gasteiger charge is 2.41. The normalized spacial score (nSPS) is 16.6. The molecule has 146 valence electrons. The van der Waals surface area contributed by atoms with Crippen molar-refractivity contribution in [1.29, 1.82) is 0 Å². The maximum absolute atomic E-state index is 14.0. The van der Waals surface area contributed by atoms with Gasteiger partial charge in [-0.15, -0.1) is 0 Å². The first-order valence-electron chi connectivity index (χ1n) is 9.09. The lowest BCUT2D eigenvalue weighted by Gasteiger charge is -2.21. The van der Waals surface area contributed by atoms with E-state index in [-0.39, 0.29) is 11.7 Å². The highest BCUT2D eigenvalue weighted by atomic mass is 19.4. The van der Waals surface area contributed by atoms with Gasteiger partial charge in [0.05, 0.1) is 11.8 Å². The fourth-order valence-corrected chi connectivity index (χ4v) is 3.46. The summed E-state index contributed by atoms with van der Waals surface area (Å²) in [5.41, 5.74) is -2.21. The molecule has 0 spiro atoms. The maximum atomic E-state index is 14.0. The van der Waals surface area contributed by atoms with Crippen molar-refractivity contribution in [2.45, 2.75) is 57.2 Å². The van der Waals surface area contributed by atoms with E-state index in [4.69, 9.17) is 0 Å². The smallest absolute Gasteiger partial charge is 0.349 e. The summed E-state index contributed by atoms with van der Waals surface area (Å²) in [5.74, 6) is -1.67. The van der Waals surface area contributed by atoms with Crippen molar-refractivity contribution in [2.24, 2.45) is 0 Å². The molecule has 3 rings (SSSR count). The Bertz CT molecular complexity index is 792. The van der Waals surface area contributed by atoms with Crippen molar-refractivity contribution in [1.82, 2.24) is 15.1 Å². The second-order valence-corrected chi connectivity index (χ2v) is 6.78. The monoisotopic (exact) mass is 383 g/mol. The van der Waals surface area contributed by atoms with Gasteiger partial charge in [0.2, 0.25) is 0 Å². The largest absolute Gasteiger partial charge is 0.434 e. The Morgan fingerprint density at radius 2 is 1.70 bits per heavy atom. The molecule has 1 aromatic heterocycles. The Morgan fingerprint density at radius 3 is 2.33 bits per heavy atom. The number of halogens is 4. The lowest BCUT2D eigenvalue weighted by molar-refractivity contribution is -0.143. The summed E-state index contributed by atoms with van der Waals surface area (Å²) in [7, 11) is 0. The molecule has 0 atom stereocenters. The second-order valence-electron chi connectivity index (χ2n) is 6.78. The number of alkyl halides is 3. The predicted molar refractivity (Wildman–Crippen MR) is 92.1 cm³/mol. The van der Waals surface area contributed by atoms with Gasteiger partial charge in [0.15, 0.2) is 5.69 Å². The van der Waals surface area contributed by atoms with E-state index < -0.39 is 29.2 Å². The zero-order valence-electron chi connectivity index (χ0n) is 14.7. The SMILES string of the molecule is O=C(NC1CCCCCCC1)c1cnn(-c2ccccc2F)c1C(F)(F)F. The molecule has 1 aliphatic carbocycles. The molecule has 4 nitrogen and oxygen atoms in total. The van der Waals surface area contributed by atoms with Crippen LogP contribution in [-0.2, 0) is 6.18 Å². The number of carbonyl (C=O) groups excluding carboxylic acids is 1. The summed E-state index contributed by atoms with van der Waals surface area (Å²) in [4.78, 5) is 12.5. The number of rotatable bonds is 3. The van der Waals surface area contributed by atoms with Crippen LogP contribution in [-0.4, -0.2) is 21.7 Å². The summed E-state index contributed by atoms with van der Waals surface area (Å²) >= 11 is 0. The molecule has 1 aromatic carbocycles. The van der Waals surface area contributed by atoms with Crippen LogP contribution in [0.15, 0.2) is 30.5 Å². The minimum Gasteiger partial charge on any atom is -0.349 e. The topological polar surface area (TPSA) is 46.9 Å². The van der Waals surface area contributed by atoms with E-state index in [2.05, 4.69) is 10.4 Å². The number of amides is 1. The lowest BCUT2D eigenvalue weighted by atomic mass is 9.96. The van der Waals surface area contributed by atoms with Gasteiger partial charge < -0.3 is 5.32 Å². The first-order valence-corrected chi connectivity index (χ1v) is 9.09. The summed E-state index contributed by atoms with van der Waals surface area (Å²) in [6, 6.07) is 4.86. The molecular weight excluding hydrogens is 362 g/mol. The predicted octanol–water partition coefficient (Wildman–Crippen LogP) is 4.87. The molecular formula is C19H21F4N3O. The van der Waals surface area contributed by atoms with Crippen molar-refractivity contribution in [3.8, 4) is 5.69 Å². The van der Waals surface area contributed by atoms with E-state index in [0.717, 1.165) is 57.2 Å². The number of para-hydroxylation sites is 1. The first-order chi connectivity index (χ1) is 12.9. The fourth-order valence-electron chi connectivity index (χ4n) is 3.46. The molecule has 0 bridgehead atoms. The number of hydrogen-bond acceptors (Lipinski definition) is 2. The van der Waals surface area contributed by atoms with Crippen LogP contribution in [0.1, 0.15) is 61.0 Å². The average molecular weight is 383 g/mol. The number of nitrogens with one attached hydrogen (secondary N) is 1. The van der Waals surface area contributed by atoms with Crippen LogP contribution in [0.2, 0.25) is 0 Å². The van der Waals surface area contributed by atoms with Crippen molar-refractivity contribution < 1.29 is 22.4 Å². The van der Waals surface area contributed by atoms with E-state index >= 15 is 0 Å². The Hall–Kier alpha value is -2.38. The first kappa shape index (κ1) is 19.4. The zero-order valence-corrected chi connectivity index (χ0v) is 14.7. The van der Waals surface area contributed by atoms with Crippen molar-refractivity contribution in [3.63, 3.8) is 0 Å². The fraction of sp³-hybridized carbons (Fsp3) is 0.474. The maximum Gasteiger partial charge on any atom is 0.434 e. The molecule has 1 N–H and O–H groups in total. The molecule has 1 aliphatic rings. The second kappa shape index (κ2) is 8.10. The Morgan fingerprint density at radius 1 is 1.07 bits per heavy atom. The summed E-state index contributed by atoms with van der Waals surface area (Å²) in [6.07, 6.45) is 2.63. The van der Waals surface area contributed by atoms with Crippen molar-refractivity contribution in [2.75, 3.05) is 0 Å². The van der Waals surface area contributed by atoms with Crippen LogP contribution in [0, 0.1) is 5.82 Å². The van der Waals surface area contributed by atoms with Crippen LogP contribution in [0.4, 0.5) is 17.6 Å². The Balaban J connectivity index is 1.91. The van der Waals surface area contributed by atoms with E-state index in [1.54, 1.807) is 0 Å². The number of carbonyl (C=O) groups is 1. The van der Waals surface area contributed by atoms with Gasteiger partial charge in [-0.05, 0) is 25.0 Å². The van der Waals surface area contributed by atoms with E-state index in [9.17, 15) is 22.4 Å².